The highest BCUT2D eigenvalue weighted by atomic mass is 79.9. The molecule has 1 heterocycles. The van der Waals surface area contributed by atoms with E-state index in [0.717, 1.165) is 15.8 Å². The van der Waals surface area contributed by atoms with E-state index in [-0.39, 0.29) is 5.82 Å². The van der Waals surface area contributed by atoms with Gasteiger partial charge in [-0.15, -0.1) is 11.8 Å². The maximum absolute atomic E-state index is 12.9. The van der Waals surface area contributed by atoms with Gasteiger partial charge in [0.05, 0.1) is 5.37 Å². The van der Waals surface area contributed by atoms with E-state index in [9.17, 15) is 4.39 Å². The molecule has 1 aromatic rings. The molecule has 2 unspecified atom stereocenters. The van der Waals surface area contributed by atoms with Crippen molar-refractivity contribution in [1.82, 2.24) is 5.32 Å². The fraction of sp³-hybridized carbons (Fsp3) is 0.400. The van der Waals surface area contributed by atoms with Crippen LogP contribution in [-0.2, 0) is 0 Å². The Morgan fingerprint density at radius 3 is 2.93 bits per heavy atom. The van der Waals surface area contributed by atoms with Crippen LogP contribution in [0.1, 0.15) is 17.9 Å². The van der Waals surface area contributed by atoms with Gasteiger partial charge >= 0.3 is 0 Å². The Hall–Kier alpha value is -0.0600. The van der Waals surface area contributed by atoms with Gasteiger partial charge in [0.1, 0.15) is 5.82 Å². The number of nitrogens with one attached hydrogen (secondary N) is 1. The topological polar surface area (TPSA) is 12.0 Å². The zero-order valence-electron chi connectivity index (χ0n) is 7.76. The summed E-state index contributed by atoms with van der Waals surface area (Å²) in [5.74, 6) is 0.908. The molecule has 0 spiro atoms. The number of hydrogen-bond acceptors (Lipinski definition) is 2. The fourth-order valence-corrected chi connectivity index (χ4v) is 3.51. The van der Waals surface area contributed by atoms with E-state index in [1.807, 2.05) is 17.8 Å². The van der Waals surface area contributed by atoms with Crippen LogP contribution in [-0.4, -0.2) is 11.8 Å². The van der Waals surface area contributed by atoms with Gasteiger partial charge in [-0.25, -0.2) is 4.39 Å². The normalized spacial score (nSPS) is 26.8. The lowest BCUT2D eigenvalue weighted by atomic mass is 10.2. The lowest BCUT2D eigenvalue weighted by Crippen LogP contribution is -2.22. The molecule has 1 aliphatic heterocycles. The summed E-state index contributed by atoms with van der Waals surface area (Å²) in [6, 6.07) is 5.38. The van der Waals surface area contributed by atoms with Gasteiger partial charge in [-0.05, 0) is 24.6 Å². The standard InChI is InChI=1S/C10H11BrFNS/c1-6-5-14-10(13-6)8-3-2-7(12)4-9(8)11/h2-4,6,10,13H,5H2,1H3. The monoisotopic (exact) mass is 275 g/mol. The van der Waals surface area contributed by atoms with Crippen molar-refractivity contribution < 1.29 is 4.39 Å². The first kappa shape index (κ1) is 10.5. The van der Waals surface area contributed by atoms with E-state index in [2.05, 4.69) is 28.2 Å². The van der Waals surface area contributed by atoms with Crippen molar-refractivity contribution in [3.63, 3.8) is 0 Å². The quantitative estimate of drug-likeness (QED) is 0.844. The van der Waals surface area contributed by atoms with Crippen molar-refractivity contribution in [3.8, 4) is 0 Å². The lowest BCUT2D eigenvalue weighted by Gasteiger charge is -2.12. The second-order valence-corrected chi connectivity index (χ2v) is 5.44. The summed E-state index contributed by atoms with van der Waals surface area (Å²) in [6.45, 7) is 2.16. The highest BCUT2D eigenvalue weighted by Crippen LogP contribution is 2.36. The van der Waals surface area contributed by atoms with Crippen LogP contribution in [0, 0.1) is 5.82 Å². The molecular weight excluding hydrogens is 265 g/mol. The molecule has 14 heavy (non-hydrogen) atoms. The van der Waals surface area contributed by atoms with E-state index in [1.54, 1.807) is 0 Å². The van der Waals surface area contributed by atoms with Crippen molar-refractivity contribution in [2.45, 2.75) is 18.3 Å². The van der Waals surface area contributed by atoms with E-state index in [4.69, 9.17) is 0 Å². The molecule has 0 amide bonds. The van der Waals surface area contributed by atoms with E-state index in [0.29, 0.717) is 11.4 Å². The van der Waals surface area contributed by atoms with Gasteiger partial charge < -0.3 is 0 Å². The van der Waals surface area contributed by atoms with Crippen LogP contribution in [0.4, 0.5) is 4.39 Å². The van der Waals surface area contributed by atoms with Gasteiger partial charge in [0.15, 0.2) is 0 Å². The molecule has 1 aromatic carbocycles. The van der Waals surface area contributed by atoms with Crippen LogP contribution in [0.3, 0.4) is 0 Å². The van der Waals surface area contributed by atoms with E-state index in [1.165, 1.54) is 12.1 Å². The highest BCUT2D eigenvalue weighted by molar-refractivity contribution is 9.10. The summed E-state index contributed by atoms with van der Waals surface area (Å²) in [5.41, 5.74) is 1.13. The SMILES string of the molecule is CC1CSC(c2ccc(F)cc2Br)N1. The maximum atomic E-state index is 12.9. The summed E-state index contributed by atoms with van der Waals surface area (Å²) < 4.78 is 13.7. The summed E-state index contributed by atoms with van der Waals surface area (Å²) in [7, 11) is 0. The van der Waals surface area contributed by atoms with Crippen molar-refractivity contribution in [2.24, 2.45) is 0 Å². The average Bonchev–Trinajstić information content (AvgIpc) is 2.51. The number of hydrogen-bond donors (Lipinski definition) is 1. The zero-order chi connectivity index (χ0) is 10.1. The molecule has 1 N–H and O–H groups in total. The van der Waals surface area contributed by atoms with Crippen molar-refractivity contribution in [2.75, 3.05) is 5.75 Å². The second kappa shape index (κ2) is 4.21. The smallest absolute Gasteiger partial charge is 0.124 e. The second-order valence-electron chi connectivity index (χ2n) is 3.45. The third-order valence-electron chi connectivity index (χ3n) is 2.19. The summed E-state index contributed by atoms with van der Waals surface area (Å²) >= 11 is 5.24. The highest BCUT2D eigenvalue weighted by Gasteiger charge is 2.23. The first-order valence-electron chi connectivity index (χ1n) is 4.49. The van der Waals surface area contributed by atoms with Crippen LogP contribution in [0.2, 0.25) is 0 Å². The first-order valence-corrected chi connectivity index (χ1v) is 6.33. The summed E-state index contributed by atoms with van der Waals surface area (Å²) in [4.78, 5) is 0. The van der Waals surface area contributed by atoms with Crippen LogP contribution >= 0.6 is 27.7 Å². The average molecular weight is 276 g/mol. The largest absolute Gasteiger partial charge is 0.298 e. The molecule has 2 rings (SSSR count). The minimum atomic E-state index is -0.198. The third-order valence-corrected chi connectivity index (χ3v) is 4.30. The summed E-state index contributed by atoms with van der Waals surface area (Å²) in [6.07, 6.45) is 0. The van der Waals surface area contributed by atoms with Gasteiger partial charge in [0.2, 0.25) is 0 Å². The molecule has 0 saturated carbocycles. The predicted octanol–water partition coefficient (Wildman–Crippen LogP) is 3.31. The fourth-order valence-electron chi connectivity index (χ4n) is 1.49. The molecule has 76 valence electrons. The molecule has 1 saturated heterocycles. The molecule has 1 aliphatic rings. The molecular formula is C10H11BrFNS. The lowest BCUT2D eigenvalue weighted by molar-refractivity contribution is 0.608. The number of thioether (sulfide) groups is 1. The van der Waals surface area contributed by atoms with E-state index >= 15 is 0 Å². The first-order chi connectivity index (χ1) is 6.66. The van der Waals surface area contributed by atoms with Gasteiger partial charge in [0, 0.05) is 16.3 Å². The van der Waals surface area contributed by atoms with Crippen LogP contribution < -0.4 is 5.32 Å². The minimum absolute atomic E-state index is 0.198. The van der Waals surface area contributed by atoms with Crippen LogP contribution in [0.5, 0.6) is 0 Å². The maximum Gasteiger partial charge on any atom is 0.124 e. The van der Waals surface area contributed by atoms with Gasteiger partial charge in [0.25, 0.3) is 0 Å². The third kappa shape index (κ3) is 2.12. The van der Waals surface area contributed by atoms with E-state index < -0.39 is 0 Å². The van der Waals surface area contributed by atoms with Crippen molar-refractivity contribution in [3.05, 3.63) is 34.1 Å². The molecule has 1 nitrogen and oxygen atoms in total. The molecule has 0 radical (unpaired) electrons. The minimum Gasteiger partial charge on any atom is -0.298 e. The molecule has 1 fully saturated rings. The molecule has 0 aromatic heterocycles. The number of benzene rings is 1. The zero-order valence-corrected chi connectivity index (χ0v) is 10.2. The van der Waals surface area contributed by atoms with Gasteiger partial charge in [-0.1, -0.05) is 22.0 Å². The molecule has 4 heteroatoms. The Bertz CT molecular complexity index is 345. The van der Waals surface area contributed by atoms with Gasteiger partial charge in [-0.3, -0.25) is 5.32 Å². The number of halogens is 2. The Labute approximate surface area is 95.6 Å². The van der Waals surface area contributed by atoms with Crippen LogP contribution in [0.15, 0.2) is 22.7 Å². The molecule has 0 bridgehead atoms. The Kier molecular flexibility index (Phi) is 3.14. The molecule has 2 atom stereocenters. The Morgan fingerprint density at radius 1 is 1.57 bits per heavy atom. The predicted molar refractivity (Wildman–Crippen MR) is 61.9 cm³/mol. The molecule has 0 aliphatic carbocycles. The van der Waals surface area contributed by atoms with Crippen molar-refractivity contribution >= 4 is 27.7 Å². The Morgan fingerprint density at radius 2 is 2.36 bits per heavy atom. The Balaban J connectivity index is 2.24. The van der Waals surface area contributed by atoms with Crippen LogP contribution in [0.25, 0.3) is 0 Å². The summed E-state index contributed by atoms with van der Waals surface area (Å²) in [5, 5.41) is 3.73. The number of rotatable bonds is 1. The van der Waals surface area contributed by atoms with Gasteiger partial charge in [-0.2, -0.15) is 0 Å². The van der Waals surface area contributed by atoms with Crippen molar-refractivity contribution in [1.29, 1.82) is 0 Å².